The third kappa shape index (κ3) is 6.51. The van der Waals surface area contributed by atoms with Crippen molar-refractivity contribution < 1.29 is 32.2 Å². The number of hydrogen-bond acceptors (Lipinski definition) is 7. The Balaban J connectivity index is 1.36. The lowest BCUT2D eigenvalue weighted by Crippen LogP contribution is -2.57. The average Bonchev–Trinajstić information content (AvgIpc) is 3.53. The molecule has 3 aromatic rings. The summed E-state index contributed by atoms with van der Waals surface area (Å²) in [6.45, 7) is 9.43. The number of rotatable bonds is 5. The summed E-state index contributed by atoms with van der Waals surface area (Å²) in [4.78, 5) is 41.7. The maximum Gasteiger partial charge on any atom is 0.419 e. The predicted octanol–water partition coefficient (Wildman–Crippen LogP) is 7.22. The summed E-state index contributed by atoms with van der Waals surface area (Å²) in [6, 6.07) is 11.4. The molecule has 1 spiro atoms. The van der Waals surface area contributed by atoms with E-state index in [4.69, 9.17) is 26.1 Å². The van der Waals surface area contributed by atoms with Gasteiger partial charge >= 0.3 is 12.3 Å². The van der Waals surface area contributed by atoms with Crippen LogP contribution < -0.4 is 9.64 Å². The predicted molar refractivity (Wildman–Crippen MR) is 175 cm³/mol. The number of piperidine rings is 1. The molecule has 13 heteroatoms. The van der Waals surface area contributed by atoms with Gasteiger partial charge in [-0.15, -0.1) is 0 Å². The Morgan fingerprint density at radius 1 is 1.06 bits per heavy atom. The number of benzene rings is 1. The molecule has 1 atom stereocenters. The molecule has 2 aromatic heterocycles. The molecule has 2 fully saturated rings. The lowest BCUT2D eigenvalue weighted by Gasteiger charge is -2.50. The normalized spacial score (nSPS) is 19.5. The van der Waals surface area contributed by atoms with Crippen LogP contribution in [-0.4, -0.2) is 82.7 Å². The largest absolute Gasteiger partial charge is 0.477 e. The van der Waals surface area contributed by atoms with E-state index in [1.807, 2.05) is 50.8 Å². The first-order valence-corrected chi connectivity index (χ1v) is 16.6. The third-order valence-electron chi connectivity index (χ3n) is 9.32. The molecule has 2 amide bonds. The standard InChI is InChI=1S/C35H39ClF3N5O4/c1-5-47-30-23(8-7-16-40-30)26-12-11-24-29(41-26)31(45)44(22-13-17-43(20-22)32(46)48-33(2,3)4)21-34(24)14-18-42(19-15-34)27-10-6-9-25(36)28(27)35(37,38)39/h6-12,16,22H,5,13-15,17-21H2,1-4H3. The lowest BCUT2D eigenvalue weighted by molar-refractivity contribution is -0.137. The van der Waals surface area contributed by atoms with Crippen molar-refractivity contribution in [3.8, 4) is 17.1 Å². The summed E-state index contributed by atoms with van der Waals surface area (Å²) >= 11 is 6.07. The molecule has 3 aliphatic rings. The fraction of sp³-hybridized carbons (Fsp3) is 0.486. The van der Waals surface area contributed by atoms with Crippen LogP contribution >= 0.6 is 11.6 Å². The summed E-state index contributed by atoms with van der Waals surface area (Å²) in [6.07, 6.45) is -1.89. The van der Waals surface area contributed by atoms with Crippen molar-refractivity contribution >= 4 is 29.3 Å². The Kier molecular flexibility index (Phi) is 8.99. The average molecular weight is 686 g/mol. The lowest BCUT2D eigenvalue weighted by atomic mass is 9.69. The van der Waals surface area contributed by atoms with E-state index in [0.717, 1.165) is 5.56 Å². The number of amides is 2. The minimum atomic E-state index is -4.61. The van der Waals surface area contributed by atoms with Crippen molar-refractivity contribution in [1.82, 2.24) is 19.8 Å². The minimum absolute atomic E-state index is 0.0473. The van der Waals surface area contributed by atoms with Crippen LogP contribution in [0.1, 0.15) is 68.6 Å². The first-order valence-electron chi connectivity index (χ1n) is 16.2. The Morgan fingerprint density at radius 3 is 2.50 bits per heavy atom. The molecule has 1 aromatic carbocycles. The van der Waals surface area contributed by atoms with Gasteiger partial charge in [0.15, 0.2) is 0 Å². The molecule has 5 heterocycles. The van der Waals surface area contributed by atoms with E-state index in [2.05, 4.69) is 4.98 Å². The fourth-order valence-corrected chi connectivity index (χ4v) is 7.38. The highest BCUT2D eigenvalue weighted by Gasteiger charge is 2.49. The molecule has 0 N–H and O–H groups in total. The van der Waals surface area contributed by atoms with Gasteiger partial charge in [0.05, 0.1) is 40.2 Å². The van der Waals surface area contributed by atoms with Crippen molar-refractivity contribution in [2.75, 3.05) is 44.2 Å². The second-order valence-corrected chi connectivity index (χ2v) is 14.0. The molecule has 0 saturated carbocycles. The first kappa shape index (κ1) is 33.8. The van der Waals surface area contributed by atoms with Gasteiger partial charge in [-0.2, -0.15) is 13.2 Å². The van der Waals surface area contributed by atoms with Crippen molar-refractivity contribution in [1.29, 1.82) is 0 Å². The van der Waals surface area contributed by atoms with Crippen LogP contribution in [0.15, 0.2) is 48.7 Å². The number of halogens is 4. The highest BCUT2D eigenvalue weighted by molar-refractivity contribution is 6.31. The molecule has 2 saturated heterocycles. The van der Waals surface area contributed by atoms with Crippen LogP contribution in [0.4, 0.5) is 23.7 Å². The molecule has 48 heavy (non-hydrogen) atoms. The topological polar surface area (TPSA) is 88.1 Å². The highest BCUT2D eigenvalue weighted by atomic mass is 35.5. The van der Waals surface area contributed by atoms with Crippen LogP contribution in [0.5, 0.6) is 5.88 Å². The summed E-state index contributed by atoms with van der Waals surface area (Å²) < 4.78 is 53.6. The van der Waals surface area contributed by atoms with Gasteiger partial charge in [-0.05, 0) is 82.9 Å². The van der Waals surface area contributed by atoms with E-state index in [-0.39, 0.29) is 22.7 Å². The van der Waals surface area contributed by atoms with E-state index in [0.29, 0.717) is 81.4 Å². The SMILES string of the molecule is CCOc1ncccc1-c1ccc2c(n1)C(=O)N(C1CCN(C(=O)OC(C)(C)C)C1)CC21CCN(c2cccc(Cl)c2C(F)(F)F)CC1. The number of carbonyl (C=O) groups is 2. The van der Waals surface area contributed by atoms with Gasteiger partial charge in [0.25, 0.3) is 5.91 Å². The van der Waals surface area contributed by atoms with Gasteiger partial charge in [0, 0.05) is 44.3 Å². The first-order chi connectivity index (χ1) is 22.7. The molecule has 0 radical (unpaired) electrons. The maximum absolute atomic E-state index is 14.3. The minimum Gasteiger partial charge on any atom is -0.477 e. The Bertz CT molecular complexity index is 1700. The number of pyridine rings is 2. The van der Waals surface area contributed by atoms with Gasteiger partial charge in [-0.25, -0.2) is 14.8 Å². The molecule has 3 aliphatic heterocycles. The van der Waals surface area contributed by atoms with Crippen LogP contribution in [0, 0.1) is 0 Å². The Hall–Kier alpha value is -4.06. The van der Waals surface area contributed by atoms with E-state index in [9.17, 15) is 22.8 Å². The number of likely N-dealkylation sites (tertiary alicyclic amines) is 1. The number of fused-ring (bicyclic) bond motifs is 2. The number of anilines is 1. The van der Waals surface area contributed by atoms with Crippen molar-refractivity contribution in [3.05, 3.63) is 70.5 Å². The second kappa shape index (κ2) is 12.8. The van der Waals surface area contributed by atoms with Gasteiger partial charge in [0.2, 0.25) is 5.88 Å². The van der Waals surface area contributed by atoms with Crippen molar-refractivity contribution in [3.63, 3.8) is 0 Å². The zero-order valence-corrected chi connectivity index (χ0v) is 28.2. The van der Waals surface area contributed by atoms with Crippen LogP contribution in [0.3, 0.4) is 0 Å². The maximum atomic E-state index is 14.3. The summed E-state index contributed by atoms with van der Waals surface area (Å²) in [7, 11) is 0. The van der Waals surface area contributed by atoms with Crippen LogP contribution in [0.25, 0.3) is 11.3 Å². The second-order valence-electron chi connectivity index (χ2n) is 13.6. The molecule has 0 bridgehead atoms. The summed E-state index contributed by atoms with van der Waals surface area (Å²) in [5.41, 5.74) is 0.229. The van der Waals surface area contributed by atoms with E-state index >= 15 is 0 Å². The molecule has 256 valence electrons. The molecule has 1 unspecified atom stereocenters. The number of ether oxygens (including phenoxy) is 2. The number of carbonyl (C=O) groups excluding carboxylic acids is 2. The van der Waals surface area contributed by atoms with Crippen molar-refractivity contribution in [2.45, 2.75) is 70.2 Å². The van der Waals surface area contributed by atoms with Gasteiger partial charge < -0.3 is 24.2 Å². The Labute approximate surface area is 283 Å². The summed E-state index contributed by atoms with van der Waals surface area (Å²) in [5.74, 6) is 0.161. The smallest absolute Gasteiger partial charge is 0.419 e. The number of alkyl halides is 3. The van der Waals surface area contributed by atoms with Gasteiger partial charge in [-0.1, -0.05) is 23.7 Å². The molecule has 6 rings (SSSR count). The monoisotopic (exact) mass is 685 g/mol. The van der Waals surface area contributed by atoms with E-state index < -0.39 is 28.8 Å². The quantitative estimate of drug-likeness (QED) is 0.280. The zero-order valence-electron chi connectivity index (χ0n) is 27.4. The molecule has 9 nitrogen and oxygen atoms in total. The number of nitrogens with zero attached hydrogens (tertiary/aromatic N) is 5. The fourth-order valence-electron chi connectivity index (χ4n) is 7.10. The van der Waals surface area contributed by atoms with Gasteiger partial charge in [-0.3, -0.25) is 4.79 Å². The summed E-state index contributed by atoms with van der Waals surface area (Å²) in [5, 5.41) is -0.339. The number of aromatic nitrogens is 2. The zero-order chi connectivity index (χ0) is 34.4. The van der Waals surface area contributed by atoms with Crippen LogP contribution in [0.2, 0.25) is 5.02 Å². The molecular formula is C35H39ClF3N5O4. The third-order valence-corrected chi connectivity index (χ3v) is 9.64. The van der Waals surface area contributed by atoms with Crippen LogP contribution in [-0.2, 0) is 16.3 Å². The van der Waals surface area contributed by atoms with E-state index in [1.54, 1.807) is 22.1 Å². The highest BCUT2D eigenvalue weighted by Crippen LogP contribution is 2.47. The Morgan fingerprint density at radius 2 is 1.81 bits per heavy atom. The molecule has 0 aliphatic carbocycles. The molecular weight excluding hydrogens is 647 g/mol. The van der Waals surface area contributed by atoms with Gasteiger partial charge in [0.1, 0.15) is 11.3 Å². The van der Waals surface area contributed by atoms with Crippen molar-refractivity contribution in [2.24, 2.45) is 0 Å². The number of hydrogen-bond donors (Lipinski definition) is 0. The van der Waals surface area contributed by atoms with E-state index in [1.165, 1.54) is 18.2 Å².